The van der Waals surface area contributed by atoms with Crippen molar-refractivity contribution in [2.75, 3.05) is 12.4 Å². The number of carboxylic acid groups (broad SMARTS) is 1. The second-order valence-corrected chi connectivity index (χ2v) is 10.7. The Labute approximate surface area is 184 Å². The lowest BCUT2D eigenvalue weighted by Crippen LogP contribution is -2.51. The van der Waals surface area contributed by atoms with E-state index in [1.807, 2.05) is 0 Å². The Morgan fingerprint density at radius 2 is 1.81 bits per heavy atom. The van der Waals surface area contributed by atoms with Crippen LogP contribution in [0.25, 0.3) is 0 Å². The monoisotopic (exact) mass is 460 g/mol. The molecule has 2 aliphatic carbocycles. The average Bonchev–Trinajstić information content (AvgIpc) is 3.17. The molecule has 2 saturated carbocycles. The van der Waals surface area contributed by atoms with Crippen LogP contribution >= 0.6 is 0 Å². The molecule has 10 heteroatoms. The van der Waals surface area contributed by atoms with Gasteiger partial charge in [-0.3, -0.25) is 14.4 Å². The second kappa shape index (κ2) is 11.3. The Hall–Kier alpha value is -1.68. The van der Waals surface area contributed by atoms with Crippen molar-refractivity contribution in [3.05, 3.63) is 0 Å². The summed E-state index contributed by atoms with van der Waals surface area (Å²) in [5.74, 6) is -2.16. The lowest BCUT2D eigenvalue weighted by molar-refractivity contribution is -0.150. The van der Waals surface area contributed by atoms with Gasteiger partial charge in [0.05, 0.1) is 23.7 Å². The van der Waals surface area contributed by atoms with E-state index in [1.165, 1.54) is 0 Å². The molecule has 0 saturated heterocycles. The van der Waals surface area contributed by atoms with Crippen LogP contribution in [0.5, 0.6) is 0 Å². The first-order chi connectivity index (χ1) is 14.6. The van der Waals surface area contributed by atoms with Gasteiger partial charge in [-0.1, -0.05) is 26.2 Å². The fourth-order valence-corrected chi connectivity index (χ4v) is 6.10. The van der Waals surface area contributed by atoms with E-state index >= 15 is 0 Å². The van der Waals surface area contributed by atoms with Crippen molar-refractivity contribution < 1.29 is 32.6 Å². The molecule has 3 atom stereocenters. The molecule has 0 bridgehead atoms. The first-order valence-corrected chi connectivity index (χ1v) is 13.0. The smallest absolute Gasteiger partial charge is 0.321 e. The Morgan fingerprint density at radius 1 is 1.13 bits per heavy atom. The van der Waals surface area contributed by atoms with Gasteiger partial charge in [0, 0.05) is 6.04 Å². The molecule has 0 aromatic rings. The van der Waals surface area contributed by atoms with Crippen LogP contribution in [0.1, 0.15) is 78.1 Å². The van der Waals surface area contributed by atoms with Crippen LogP contribution in [-0.2, 0) is 29.1 Å². The molecule has 2 fully saturated rings. The predicted octanol–water partition coefficient (Wildman–Crippen LogP) is 1.96. The first kappa shape index (κ1) is 25.6. The van der Waals surface area contributed by atoms with Gasteiger partial charge < -0.3 is 15.2 Å². The Bertz CT molecular complexity index is 747. The van der Waals surface area contributed by atoms with Gasteiger partial charge >= 0.3 is 11.9 Å². The highest BCUT2D eigenvalue weighted by Crippen LogP contribution is 2.43. The quantitative estimate of drug-likeness (QED) is 0.401. The first-order valence-electron chi connectivity index (χ1n) is 11.3. The highest BCUT2D eigenvalue weighted by atomic mass is 32.2. The third kappa shape index (κ3) is 7.17. The van der Waals surface area contributed by atoms with Gasteiger partial charge in [0.25, 0.3) is 0 Å². The molecule has 31 heavy (non-hydrogen) atoms. The van der Waals surface area contributed by atoms with Crippen LogP contribution in [0.2, 0.25) is 0 Å². The van der Waals surface area contributed by atoms with Crippen LogP contribution in [0, 0.1) is 11.3 Å². The number of esters is 1. The van der Waals surface area contributed by atoms with E-state index in [1.54, 1.807) is 13.8 Å². The fourth-order valence-electron chi connectivity index (χ4n) is 4.82. The summed E-state index contributed by atoms with van der Waals surface area (Å²) < 4.78 is 31.7. The summed E-state index contributed by atoms with van der Waals surface area (Å²) in [5, 5.41) is 12.7. The normalized spacial score (nSPS) is 24.3. The van der Waals surface area contributed by atoms with Crippen LogP contribution in [-0.4, -0.2) is 55.8 Å². The summed E-state index contributed by atoms with van der Waals surface area (Å²) in [4.78, 5) is 37.2. The van der Waals surface area contributed by atoms with Crippen LogP contribution in [0.15, 0.2) is 0 Å². The van der Waals surface area contributed by atoms with E-state index in [0.717, 1.165) is 32.1 Å². The molecule has 0 aliphatic heterocycles. The SMILES string of the molecule is CCCS(=O)(=O)NC(CC1(C(=O)N[C@H]2CCC[C@@H](C(=O)OCC)C2)CCCC1)C(=O)O. The molecule has 3 N–H and O–H groups in total. The van der Waals surface area contributed by atoms with Gasteiger partial charge in [-0.05, 0) is 51.9 Å². The Balaban J connectivity index is 2.09. The summed E-state index contributed by atoms with van der Waals surface area (Å²) in [5.41, 5.74) is -0.922. The molecule has 1 unspecified atom stereocenters. The minimum absolute atomic E-state index is 0.0782. The van der Waals surface area contributed by atoms with Gasteiger partial charge in [0.15, 0.2) is 0 Å². The lowest BCUT2D eigenvalue weighted by atomic mass is 9.78. The molecular weight excluding hydrogens is 424 g/mol. The minimum Gasteiger partial charge on any atom is -0.480 e. The van der Waals surface area contributed by atoms with Crippen LogP contribution in [0.4, 0.5) is 0 Å². The largest absolute Gasteiger partial charge is 0.480 e. The number of sulfonamides is 1. The summed E-state index contributed by atoms with van der Waals surface area (Å²) in [6.45, 7) is 3.78. The van der Waals surface area contributed by atoms with Gasteiger partial charge in [-0.25, -0.2) is 13.1 Å². The molecule has 0 radical (unpaired) electrons. The van der Waals surface area contributed by atoms with Crippen LogP contribution in [0.3, 0.4) is 0 Å². The van der Waals surface area contributed by atoms with Gasteiger partial charge in [0.1, 0.15) is 6.04 Å². The number of rotatable bonds is 11. The third-order valence-electron chi connectivity index (χ3n) is 6.36. The molecule has 9 nitrogen and oxygen atoms in total. The number of amides is 1. The van der Waals surface area contributed by atoms with Crippen molar-refractivity contribution in [1.29, 1.82) is 0 Å². The molecule has 0 aromatic heterocycles. The van der Waals surface area contributed by atoms with Crippen LogP contribution < -0.4 is 10.0 Å². The van der Waals surface area contributed by atoms with E-state index in [9.17, 15) is 27.9 Å². The van der Waals surface area contributed by atoms with Crippen molar-refractivity contribution in [3.8, 4) is 0 Å². The molecule has 2 rings (SSSR count). The second-order valence-electron chi connectivity index (χ2n) is 8.81. The minimum atomic E-state index is -3.73. The maximum Gasteiger partial charge on any atom is 0.321 e. The zero-order chi connectivity index (χ0) is 23.1. The zero-order valence-electron chi connectivity index (χ0n) is 18.5. The number of hydrogen-bond acceptors (Lipinski definition) is 6. The number of nitrogens with one attached hydrogen (secondary N) is 2. The number of aliphatic carboxylic acids is 1. The third-order valence-corrected chi connectivity index (χ3v) is 7.95. The van der Waals surface area contributed by atoms with Crippen molar-refractivity contribution in [2.45, 2.75) is 90.1 Å². The number of carboxylic acids is 1. The molecule has 0 heterocycles. The highest BCUT2D eigenvalue weighted by molar-refractivity contribution is 7.89. The van der Waals surface area contributed by atoms with Gasteiger partial charge in [0.2, 0.25) is 15.9 Å². The molecule has 2 aliphatic rings. The number of ether oxygens (including phenoxy) is 1. The number of carbonyl (C=O) groups excluding carboxylic acids is 2. The maximum atomic E-state index is 13.3. The topological polar surface area (TPSA) is 139 Å². The molecule has 0 spiro atoms. The summed E-state index contributed by atoms with van der Waals surface area (Å²) >= 11 is 0. The number of carbonyl (C=O) groups is 3. The lowest BCUT2D eigenvalue weighted by Gasteiger charge is -2.35. The van der Waals surface area contributed by atoms with Gasteiger partial charge in [-0.2, -0.15) is 0 Å². The summed E-state index contributed by atoms with van der Waals surface area (Å²) in [6, 6.07) is -1.52. The molecule has 178 valence electrons. The van der Waals surface area contributed by atoms with E-state index in [2.05, 4.69) is 10.0 Å². The molecule has 1 amide bonds. The molecular formula is C21H36N2O7S. The number of hydrogen-bond donors (Lipinski definition) is 3. The van der Waals surface area contributed by atoms with Crippen molar-refractivity contribution >= 4 is 27.9 Å². The Morgan fingerprint density at radius 3 is 2.39 bits per heavy atom. The Kier molecular flexibility index (Phi) is 9.29. The maximum absolute atomic E-state index is 13.3. The fraction of sp³-hybridized carbons (Fsp3) is 0.857. The standard InChI is InChI=1S/C21H36N2O7S/c1-3-12-31(28,29)23-17(18(24)25)14-21(10-5-6-11-21)20(27)22-16-9-7-8-15(13-16)19(26)30-4-2/h15-17,23H,3-14H2,1-2H3,(H,22,27)(H,24,25)/t15-,16+,17?/m1/s1. The highest BCUT2D eigenvalue weighted by Gasteiger charge is 2.45. The van der Waals surface area contributed by atoms with E-state index in [4.69, 9.17) is 4.74 Å². The van der Waals surface area contributed by atoms with E-state index in [0.29, 0.717) is 32.3 Å². The molecule has 0 aromatic carbocycles. The average molecular weight is 461 g/mol. The van der Waals surface area contributed by atoms with Crippen molar-refractivity contribution in [3.63, 3.8) is 0 Å². The zero-order valence-corrected chi connectivity index (χ0v) is 19.3. The summed E-state index contributed by atoms with van der Waals surface area (Å²) in [6.07, 6.45) is 5.71. The van der Waals surface area contributed by atoms with E-state index in [-0.39, 0.29) is 36.0 Å². The predicted molar refractivity (Wildman–Crippen MR) is 115 cm³/mol. The van der Waals surface area contributed by atoms with Gasteiger partial charge in [-0.15, -0.1) is 0 Å². The summed E-state index contributed by atoms with van der Waals surface area (Å²) in [7, 11) is -3.73. The van der Waals surface area contributed by atoms with E-state index < -0.39 is 27.4 Å². The van der Waals surface area contributed by atoms with Crippen molar-refractivity contribution in [1.82, 2.24) is 10.0 Å². The van der Waals surface area contributed by atoms with Crippen molar-refractivity contribution in [2.24, 2.45) is 11.3 Å².